The topological polar surface area (TPSA) is 86.6 Å². The third kappa shape index (κ3) is 7.95. The molecule has 172 valence electrons. The first kappa shape index (κ1) is 26.6. The largest absolute Gasteiger partial charge is 0.480 e. The Morgan fingerprint density at radius 2 is 1.71 bits per heavy atom. The summed E-state index contributed by atoms with van der Waals surface area (Å²) in [6.45, 7) is 4.46. The highest BCUT2D eigenvalue weighted by atomic mass is 19.2. The summed E-state index contributed by atoms with van der Waals surface area (Å²) in [7, 11) is 0. The Hall–Kier alpha value is -2.46. The van der Waals surface area contributed by atoms with Gasteiger partial charge in [0.2, 0.25) is 0 Å². The monoisotopic (exact) mass is 437 g/mol. The van der Waals surface area contributed by atoms with Gasteiger partial charge in [0, 0.05) is 18.4 Å². The van der Waals surface area contributed by atoms with Crippen LogP contribution in [-0.4, -0.2) is 41.0 Å². The van der Waals surface area contributed by atoms with Crippen LogP contribution in [0.4, 0.5) is 8.78 Å². The van der Waals surface area contributed by atoms with E-state index in [9.17, 15) is 18.4 Å². The maximum absolute atomic E-state index is 14.9. The van der Waals surface area contributed by atoms with Crippen molar-refractivity contribution in [2.45, 2.75) is 71.3 Å². The molecule has 1 aromatic carbocycles. The lowest BCUT2D eigenvalue weighted by atomic mass is 9.83. The van der Waals surface area contributed by atoms with Crippen molar-refractivity contribution in [3.05, 3.63) is 35.9 Å². The Morgan fingerprint density at radius 1 is 1.10 bits per heavy atom. The number of carboxylic acid groups (broad SMARTS) is 2. The summed E-state index contributed by atoms with van der Waals surface area (Å²) in [5.41, 5.74) is -1.18. The zero-order valence-corrected chi connectivity index (χ0v) is 18.4. The molecule has 1 rings (SSSR count). The lowest BCUT2D eigenvalue weighted by Crippen LogP contribution is -2.37. The van der Waals surface area contributed by atoms with Gasteiger partial charge < -0.3 is 10.2 Å². The summed E-state index contributed by atoms with van der Waals surface area (Å²) in [6, 6.07) is 8.71. The highest BCUT2D eigenvalue weighted by Gasteiger charge is 2.40. The summed E-state index contributed by atoms with van der Waals surface area (Å²) in [5, 5.41) is 21.5. The molecule has 4 unspecified atom stereocenters. The summed E-state index contributed by atoms with van der Waals surface area (Å²) in [5.74, 6) is 1.81. The van der Waals surface area contributed by atoms with E-state index >= 15 is 0 Å². The number of rotatable bonds is 13. The van der Waals surface area contributed by atoms with Crippen LogP contribution in [0.15, 0.2) is 30.3 Å². The molecule has 4 atom stereocenters. The Morgan fingerprint density at radius 3 is 2.23 bits per heavy atom. The molecule has 3 N–H and O–H groups in total. The smallest absolute Gasteiger partial charge is 0.321 e. The number of halogens is 2. The van der Waals surface area contributed by atoms with E-state index in [1.807, 2.05) is 37.3 Å². The van der Waals surface area contributed by atoms with Gasteiger partial charge in [0.05, 0.1) is 6.54 Å². The van der Waals surface area contributed by atoms with Crippen molar-refractivity contribution in [2.75, 3.05) is 6.54 Å². The van der Waals surface area contributed by atoms with Gasteiger partial charge in [-0.3, -0.25) is 14.9 Å². The number of benzene rings is 1. The first-order chi connectivity index (χ1) is 14.6. The van der Waals surface area contributed by atoms with Crippen LogP contribution in [0.2, 0.25) is 0 Å². The SMILES string of the molecule is CCCCCC(C(NCC#CCC(C)(C(=O)O)C(=O)O)c1ccccc1)C(F)C(C)F. The Balaban J connectivity index is 3.02. The van der Waals surface area contributed by atoms with E-state index in [1.54, 1.807) is 0 Å². The Kier molecular flexibility index (Phi) is 11.2. The van der Waals surface area contributed by atoms with Crippen LogP contribution in [0.25, 0.3) is 0 Å². The van der Waals surface area contributed by atoms with Crippen LogP contribution in [0.1, 0.15) is 64.5 Å². The molecule has 0 saturated carbocycles. The van der Waals surface area contributed by atoms with E-state index in [2.05, 4.69) is 17.2 Å². The van der Waals surface area contributed by atoms with Crippen LogP contribution in [-0.2, 0) is 9.59 Å². The highest BCUT2D eigenvalue weighted by molar-refractivity contribution is 5.98. The maximum atomic E-state index is 14.9. The third-order valence-corrected chi connectivity index (χ3v) is 5.50. The van der Waals surface area contributed by atoms with E-state index in [-0.39, 0.29) is 13.0 Å². The molecule has 0 spiro atoms. The minimum Gasteiger partial charge on any atom is -0.480 e. The summed E-state index contributed by atoms with van der Waals surface area (Å²) >= 11 is 0. The lowest BCUT2D eigenvalue weighted by Gasteiger charge is -2.31. The number of hydrogen-bond acceptors (Lipinski definition) is 3. The summed E-state index contributed by atoms with van der Waals surface area (Å²) < 4.78 is 28.8. The van der Waals surface area contributed by atoms with E-state index < -0.39 is 41.7 Å². The Labute approximate surface area is 183 Å². The molecular formula is C24H33F2NO4. The van der Waals surface area contributed by atoms with Crippen molar-refractivity contribution in [1.29, 1.82) is 0 Å². The molecule has 0 fully saturated rings. The van der Waals surface area contributed by atoms with Gasteiger partial charge in [0.1, 0.15) is 12.3 Å². The molecule has 0 saturated heterocycles. The van der Waals surface area contributed by atoms with Crippen LogP contribution in [0.3, 0.4) is 0 Å². The quantitative estimate of drug-likeness (QED) is 0.235. The van der Waals surface area contributed by atoms with Crippen molar-refractivity contribution < 1.29 is 28.6 Å². The van der Waals surface area contributed by atoms with Crippen LogP contribution in [0.5, 0.6) is 0 Å². The van der Waals surface area contributed by atoms with Gasteiger partial charge in [-0.1, -0.05) is 62.4 Å². The first-order valence-electron chi connectivity index (χ1n) is 10.6. The number of aliphatic carboxylic acids is 2. The Bertz CT molecular complexity index is 744. The minimum absolute atomic E-state index is 0.0898. The second-order valence-electron chi connectivity index (χ2n) is 8.02. The fraction of sp³-hybridized carbons (Fsp3) is 0.583. The van der Waals surface area contributed by atoms with Gasteiger partial charge in [0.15, 0.2) is 5.41 Å². The average molecular weight is 438 g/mol. The van der Waals surface area contributed by atoms with Crippen molar-refractivity contribution in [2.24, 2.45) is 11.3 Å². The number of nitrogens with one attached hydrogen (secondary N) is 1. The van der Waals surface area contributed by atoms with Crippen LogP contribution < -0.4 is 5.32 Å². The minimum atomic E-state index is -2.00. The van der Waals surface area contributed by atoms with Gasteiger partial charge in [0.25, 0.3) is 0 Å². The molecule has 0 aliphatic carbocycles. The second kappa shape index (κ2) is 13.1. The fourth-order valence-corrected chi connectivity index (χ4v) is 3.36. The summed E-state index contributed by atoms with van der Waals surface area (Å²) in [4.78, 5) is 22.5. The zero-order valence-electron chi connectivity index (χ0n) is 18.4. The van der Waals surface area contributed by atoms with Gasteiger partial charge >= 0.3 is 11.9 Å². The molecular weight excluding hydrogens is 404 g/mol. The zero-order chi connectivity index (χ0) is 23.4. The highest BCUT2D eigenvalue weighted by Crippen LogP contribution is 2.33. The molecule has 0 radical (unpaired) electrons. The number of carboxylic acids is 2. The summed E-state index contributed by atoms with van der Waals surface area (Å²) in [6.07, 6.45) is -0.436. The number of alkyl halides is 2. The predicted molar refractivity (Wildman–Crippen MR) is 116 cm³/mol. The van der Waals surface area contributed by atoms with E-state index in [4.69, 9.17) is 10.2 Å². The molecule has 0 amide bonds. The predicted octanol–water partition coefficient (Wildman–Crippen LogP) is 4.78. The molecule has 0 bridgehead atoms. The first-order valence-corrected chi connectivity index (χ1v) is 10.6. The van der Waals surface area contributed by atoms with Crippen LogP contribution >= 0.6 is 0 Å². The maximum Gasteiger partial charge on any atom is 0.321 e. The van der Waals surface area contributed by atoms with Crippen LogP contribution in [0, 0.1) is 23.2 Å². The fourth-order valence-electron chi connectivity index (χ4n) is 3.36. The normalized spacial score (nSPS) is 15.3. The molecule has 0 aliphatic rings. The van der Waals surface area contributed by atoms with E-state index in [0.717, 1.165) is 31.7 Å². The number of hydrogen-bond donors (Lipinski definition) is 3. The van der Waals surface area contributed by atoms with Gasteiger partial charge in [-0.25, -0.2) is 8.78 Å². The molecule has 5 nitrogen and oxygen atoms in total. The molecule has 0 aliphatic heterocycles. The van der Waals surface area contributed by atoms with E-state index in [0.29, 0.717) is 6.42 Å². The third-order valence-electron chi connectivity index (χ3n) is 5.50. The number of carbonyl (C=O) groups is 2. The van der Waals surface area contributed by atoms with Gasteiger partial charge in [-0.05, 0) is 25.8 Å². The van der Waals surface area contributed by atoms with Crippen molar-refractivity contribution in [3.63, 3.8) is 0 Å². The second-order valence-corrected chi connectivity index (χ2v) is 8.02. The molecule has 7 heteroatoms. The van der Waals surface area contributed by atoms with Crippen molar-refractivity contribution >= 4 is 11.9 Å². The van der Waals surface area contributed by atoms with Crippen molar-refractivity contribution in [1.82, 2.24) is 5.32 Å². The molecule has 0 heterocycles. The van der Waals surface area contributed by atoms with E-state index in [1.165, 1.54) is 6.92 Å². The standard InChI is InChI=1S/C24H33F2NO4/c1-4-5-7-14-19(20(26)17(2)25)21(18-12-8-6-9-13-18)27-16-11-10-15-24(3,22(28)29)23(30)31/h6,8-9,12-13,17,19-21,27H,4-5,7,14-16H2,1-3H3,(H,28,29)(H,30,31). The number of unbranched alkanes of at least 4 members (excludes halogenated alkanes) is 2. The lowest BCUT2D eigenvalue weighted by molar-refractivity contribution is -0.162. The molecule has 31 heavy (non-hydrogen) atoms. The van der Waals surface area contributed by atoms with Gasteiger partial charge in [-0.15, -0.1) is 5.92 Å². The molecule has 1 aromatic rings. The van der Waals surface area contributed by atoms with Gasteiger partial charge in [-0.2, -0.15) is 0 Å². The average Bonchev–Trinajstić information content (AvgIpc) is 2.74. The van der Waals surface area contributed by atoms with Crippen molar-refractivity contribution in [3.8, 4) is 11.8 Å². The molecule has 0 aromatic heterocycles.